The lowest BCUT2D eigenvalue weighted by molar-refractivity contribution is 0.166. The first-order valence-corrected chi connectivity index (χ1v) is 8.02. The Morgan fingerprint density at radius 3 is 2.68 bits per heavy atom. The molecular weight excluding hydrogens is 268 g/mol. The first-order valence-electron chi connectivity index (χ1n) is 8.02. The highest BCUT2D eigenvalue weighted by molar-refractivity contribution is 5.38. The van der Waals surface area contributed by atoms with Crippen LogP contribution in [0.25, 0.3) is 0 Å². The van der Waals surface area contributed by atoms with Crippen molar-refractivity contribution < 1.29 is 5.11 Å². The quantitative estimate of drug-likeness (QED) is 0.784. The highest BCUT2D eigenvalue weighted by Gasteiger charge is 2.05. The van der Waals surface area contributed by atoms with E-state index in [0.717, 1.165) is 36.8 Å². The molecule has 1 heteroatoms. The second-order valence-electron chi connectivity index (χ2n) is 5.66. The van der Waals surface area contributed by atoms with Gasteiger partial charge in [0.15, 0.2) is 0 Å². The topological polar surface area (TPSA) is 20.2 Å². The summed E-state index contributed by atoms with van der Waals surface area (Å²) in [6.45, 7) is 4.22. The molecule has 0 aromatic heterocycles. The normalized spacial score (nSPS) is 11.6. The third-order valence-corrected chi connectivity index (χ3v) is 3.85. The maximum atomic E-state index is 10.0. The van der Waals surface area contributed by atoms with Crippen molar-refractivity contribution in [3.05, 3.63) is 70.8 Å². The number of rotatable bonds is 5. The summed E-state index contributed by atoms with van der Waals surface area (Å²) in [6, 6.07) is 16.4. The van der Waals surface area contributed by atoms with E-state index in [1.165, 1.54) is 11.1 Å². The Bertz CT molecular complexity index is 661. The van der Waals surface area contributed by atoms with Gasteiger partial charge in [0.05, 0.1) is 6.10 Å². The van der Waals surface area contributed by atoms with Gasteiger partial charge in [-0.15, -0.1) is 0 Å². The SMILES string of the molecule is CCCC(O)c1cccc(C#CCCc2ccccc2C)c1. The summed E-state index contributed by atoms with van der Waals surface area (Å²) in [4.78, 5) is 0. The molecule has 1 N–H and O–H groups in total. The van der Waals surface area contributed by atoms with E-state index in [2.05, 4.69) is 50.0 Å². The van der Waals surface area contributed by atoms with Crippen LogP contribution in [-0.4, -0.2) is 5.11 Å². The lowest BCUT2D eigenvalue weighted by Gasteiger charge is -2.09. The van der Waals surface area contributed by atoms with Crippen molar-refractivity contribution in [3.8, 4) is 11.8 Å². The van der Waals surface area contributed by atoms with Crippen molar-refractivity contribution in [2.45, 2.75) is 45.6 Å². The Kier molecular flexibility index (Phi) is 6.25. The largest absolute Gasteiger partial charge is 0.388 e. The number of aliphatic hydroxyl groups is 1. The molecule has 0 fully saturated rings. The van der Waals surface area contributed by atoms with Crippen LogP contribution >= 0.6 is 0 Å². The van der Waals surface area contributed by atoms with Crippen molar-refractivity contribution in [2.75, 3.05) is 0 Å². The van der Waals surface area contributed by atoms with Gasteiger partial charge >= 0.3 is 0 Å². The molecule has 2 aromatic rings. The fourth-order valence-corrected chi connectivity index (χ4v) is 2.52. The second-order valence-corrected chi connectivity index (χ2v) is 5.66. The van der Waals surface area contributed by atoms with Crippen molar-refractivity contribution in [1.82, 2.24) is 0 Å². The minimum atomic E-state index is -0.376. The third kappa shape index (κ3) is 4.76. The number of aliphatic hydroxyl groups excluding tert-OH is 1. The van der Waals surface area contributed by atoms with Crippen LogP contribution in [0.15, 0.2) is 48.5 Å². The lowest BCUT2D eigenvalue weighted by atomic mass is 10.0. The average molecular weight is 292 g/mol. The van der Waals surface area contributed by atoms with Gasteiger partial charge in [0, 0.05) is 12.0 Å². The van der Waals surface area contributed by atoms with Crippen LogP contribution in [0.5, 0.6) is 0 Å². The second kappa shape index (κ2) is 8.41. The molecule has 0 saturated carbocycles. The molecule has 114 valence electrons. The summed E-state index contributed by atoms with van der Waals surface area (Å²) < 4.78 is 0. The molecule has 1 atom stereocenters. The van der Waals surface area contributed by atoms with Crippen molar-refractivity contribution in [2.24, 2.45) is 0 Å². The zero-order valence-electron chi connectivity index (χ0n) is 13.5. The summed E-state index contributed by atoms with van der Waals surface area (Å²) in [5.41, 5.74) is 4.64. The Labute approximate surface area is 134 Å². The van der Waals surface area contributed by atoms with Crippen LogP contribution < -0.4 is 0 Å². The van der Waals surface area contributed by atoms with Gasteiger partial charge in [-0.25, -0.2) is 0 Å². The minimum Gasteiger partial charge on any atom is -0.388 e. The van der Waals surface area contributed by atoms with E-state index in [9.17, 15) is 5.11 Å². The van der Waals surface area contributed by atoms with Gasteiger partial charge in [0.2, 0.25) is 0 Å². The van der Waals surface area contributed by atoms with Crippen LogP contribution in [0.1, 0.15) is 54.5 Å². The molecule has 0 saturated heterocycles. The maximum absolute atomic E-state index is 10.0. The van der Waals surface area contributed by atoms with Crippen molar-refractivity contribution >= 4 is 0 Å². The molecule has 2 rings (SSSR count). The third-order valence-electron chi connectivity index (χ3n) is 3.85. The van der Waals surface area contributed by atoms with Crippen LogP contribution in [0.3, 0.4) is 0 Å². The molecule has 22 heavy (non-hydrogen) atoms. The Morgan fingerprint density at radius 2 is 1.91 bits per heavy atom. The smallest absolute Gasteiger partial charge is 0.0790 e. The Morgan fingerprint density at radius 1 is 1.09 bits per heavy atom. The van der Waals surface area contributed by atoms with Gasteiger partial charge in [-0.3, -0.25) is 0 Å². The highest BCUT2D eigenvalue weighted by Crippen LogP contribution is 2.18. The molecule has 0 aliphatic rings. The minimum absolute atomic E-state index is 0.376. The number of hydrogen-bond acceptors (Lipinski definition) is 1. The predicted octanol–water partition coefficient (Wildman–Crippen LogP) is 4.81. The van der Waals surface area contributed by atoms with Gasteiger partial charge in [0.1, 0.15) is 0 Å². The zero-order chi connectivity index (χ0) is 15.8. The van der Waals surface area contributed by atoms with E-state index >= 15 is 0 Å². The summed E-state index contributed by atoms with van der Waals surface area (Å²) in [6.07, 6.45) is 3.24. The zero-order valence-corrected chi connectivity index (χ0v) is 13.5. The van der Waals surface area contributed by atoms with E-state index in [1.807, 2.05) is 24.3 Å². The monoisotopic (exact) mass is 292 g/mol. The molecule has 0 amide bonds. The highest BCUT2D eigenvalue weighted by atomic mass is 16.3. The van der Waals surface area contributed by atoms with E-state index in [0.29, 0.717) is 0 Å². The maximum Gasteiger partial charge on any atom is 0.0790 e. The number of aryl methyl sites for hydroxylation is 2. The number of hydrogen-bond donors (Lipinski definition) is 1. The summed E-state index contributed by atoms with van der Waals surface area (Å²) in [7, 11) is 0. The van der Waals surface area contributed by atoms with Gasteiger partial charge in [0.25, 0.3) is 0 Å². The molecule has 0 heterocycles. The number of benzene rings is 2. The summed E-state index contributed by atoms with van der Waals surface area (Å²) in [5.74, 6) is 6.45. The molecule has 2 aromatic carbocycles. The fraction of sp³-hybridized carbons (Fsp3) is 0.333. The molecule has 0 bridgehead atoms. The van der Waals surface area contributed by atoms with Crippen LogP contribution in [0.4, 0.5) is 0 Å². The lowest BCUT2D eigenvalue weighted by Crippen LogP contribution is -1.96. The van der Waals surface area contributed by atoms with Gasteiger partial charge in [-0.05, 0) is 48.6 Å². The van der Waals surface area contributed by atoms with Gasteiger partial charge < -0.3 is 5.11 Å². The molecular formula is C21H24O. The van der Waals surface area contributed by atoms with Gasteiger partial charge in [-0.2, -0.15) is 0 Å². The van der Waals surface area contributed by atoms with Crippen LogP contribution in [0.2, 0.25) is 0 Å². The van der Waals surface area contributed by atoms with E-state index in [-0.39, 0.29) is 6.10 Å². The standard InChI is InChI=1S/C21H24O/c1-3-9-21(22)20-15-8-12-18(16-20)11-5-7-14-19-13-6-4-10-17(19)2/h4,6,8,10,12-13,15-16,21-22H,3,7,9,14H2,1-2H3. The van der Waals surface area contributed by atoms with E-state index in [1.54, 1.807) is 0 Å². The summed E-state index contributed by atoms with van der Waals surface area (Å²) in [5, 5.41) is 10.0. The molecule has 0 aliphatic carbocycles. The van der Waals surface area contributed by atoms with E-state index < -0.39 is 0 Å². The summed E-state index contributed by atoms with van der Waals surface area (Å²) >= 11 is 0. The Hall–Kier alpha value is -2.04. The Balaban J connectivity index is 1.97. The van der Waals surface area contributed by atoms with E-state index in [4.69, 9.17) is 0 Å². The van der Waals surface area contributed by atoms with Crippen molar-refractivity contribution in [3.63, 3.8) is 0 Å². The molecule has 0 radical (unpaired) electrons. The first kappa shape index (κ1) is 16.3. The predicted molar refractivity (Wildman–Crippen MR) is 92.7 cm³/mol. The first-order chi connectivity index (χ1) is 10.7. The van der Waals surface area contributed by atoms with Crippen molar-refractivity contribution in [1.29, 1.82) is 0 Å². The molecule has 0 aliphatic heterocycles. The van der Waals surface area contributed by atoms with Crippen LogP contribution in [-0.2, 0) is 6.42 Å². The van der Waals surface area contributed by atoms with Gasteiger partial charge in [-0.1, -0.05) is 61.6 Å². The fourth-order valence-electron chi connectivity index (χ4n) is 2.52. The molecule has 1 unspecified atom stereocenters. The molecule has 1 nitrogen and oxygen atoms in total. The molecule has 0 spiro atoms. The average Bonchev–Trinajstić information content (AvgIpc) is 2.54. The van der Waals surface area contributed by atoms with Crippen LogP contribution in [0, 0.1) is 18.8 Å².